The third-order valence-electron chi connectivity index (χ3n) is 1.61. The van der Waals surface area contributed by atoms with Gasteiger partial charge in [-0.15, -0.1) is 0 Å². The zero-order chi connectivity index (χ0) is 9.35. The molecule has 0 bridgehead atoms. The van der Waals surface area contributed by atoms with E-state index in [0.717, 1.165) is 0 Å². The van der Waals surface area contributed by atoms with Crippen molar-refractivity contribution >= 4 is 11.6 Å². The highest BCUT2D eigenvalue weighted by molar-refractivity contribution is 6.30. The molecule has 0 atom stereocenters. The molecule has 0 unspecified atom stereocenters. The van der Waals surface area contributed by atoms with Crippen LogP contribution in [0.15, 0.2) is 18.2 Å². The molecule has 0 radical (unpaired) electrons. The van der Waals surface area contributed by atoms with Crippen LogP contribution in [0.1, 0.15) is 19.4 Å². The summed E-state index contributed by atoms with van der Waals surface area (Å²) in [5.74, 6) is -0.351. The monoisotopic (exact) mass is 187 g/mol. The van der Waals surface area contributed by atoms with E-state index in [1.807, 2.05) is 0 Å². The molecule has 0 aliphatic heterocycles. The summed E-state index contributed by atoms with van der Waals surface area (Å²) in [5, 5.41) is 0.378. The summed E-state index contributed by atoms with van der Waals surface area (Å²) in [6.45, 7) is 3.61. The lowest BCUT2D eigenvalue weighted by molar-refractivity contribution is 0.544. The van der Waals surface area contributed by atoms with Gasteiger partial charge in [-0.1, -0.05) is 11.6 Å². The summed E-state index contributed by atoms with van der Waals surface area (Å²) in [5.41, 5.74) is 5.92. The van der Waals surface area contributed by atoms with Crippen LogP contribution in [0, 0.1) is 5.82 Å². The first-order chi connectivity index (χ1) is 5.39. The first kappa shape index (κ1) is 9.49. The first-order valence-corrected chi connectivity index (χ1v) is 4.03. The Morgan fingerprint density at radius 1 is 1.33 bits per heavy atom. The van der Waals surface area contributed by atoms with Crippen LogP contribution in [0.3, 0.4) is 0 Å². The highest BCUT2D eigenvalue weighted by atomic mass is 35.5. The predicted molar refractivity (Wildman–Crippen MR) is 48.6 cm³/mol. The van der Waals surface area contributed by atoms with Crippen molar-refractivity contribution in [1.82, 2.24) is 0 Å². The second-order valence-corrected chi connectivity index (χ2v) is 3.82. The molecule has 1 rings (SSSR count). The highest BCUT2D eigenvalue weighted by Crippen LogP contribution is 2.22. The Morgan fingerprint density at radius 2 is 1.92 bits per heavy atom. The molecule has 0 heterocycles. The molecule has 0 amide bonds. The van der Waals surface area contributed by atoms with Crippen molar-refractivity contribution in [3.8, 4) is 0 Å². The average Bonchev–Trinajstić information content (AvgIpc) is 1.82. The molecule has 0 aliphatic rings. The van der Waals surface area contributed by atoms with Gasteiger partial charge in [0.1, 0.15) is 5.82 Å². The largest absolute Gasteiger partial charge is 0.322 e. The Hall–Kier alpha value is -0.600. The SMILES string of the molecule is CC(C)(N)c1cc(F)cc(Cl)c1. The van der Waals surface area contributed by atoms with Gasteiger partial charge in [0.05, 0.1) is 0 Å². The van der Waals surface area contributed by atoms with E-state index in [1.165, 1.54) is 12.1 Å². The summed E-state index contributed by atoms with van der Waals surface area (Å²) in [6.07, 6.45) is 0. The minimum Gasteiger partial charge on any atom is -0.322 e. The number of benzene rings is 1. The molecule has 1 nitrogen and oxygen atoms in total. The molecule has 0 saturated heterocycles. The molecule has 66 valence electrons. The van der Waals surface area contributed by atoms with E-state index < -0.39 is 5.54 Å². The van der Waals surface area contributed by atoms with Crippen molar-refractivity contribution in [2.24, 2.45) is 5.73 Å². The fourth-order valence-corrected chi connectivity index (χ4v) is 1.15. The smallest absolute Gasteiger partial charge is 0.125 e. The minimum absolute atomic E-state index is 0.351. The Kier molecular flexibility index (Phi) is 2.40. The highest BCUT2D eigenvalue weighted by Gasteiger charge is 2.15. The molecule has 0 aromatic heterocycles. The number of nitrogens with two attached hydrogens (primary N) is 1. The van der Waals surface area contributed by atoms with Crippen LogP contribution in [0.2, 0.25) is 5.02 Å². The van der Waals surface area contributed by atoms with Gasteiger partial charge in [0.15, 0.2) is 0 Å². The maximum absolute atomic E-state index is 12.8. The van der Waals surface area contributed by atoms with E-state index in [2.05, 4.69) is 0 Å². The molecule has 0 saturated carbocycles. The van der Waals surface area contributed by atoms with Crippen LogP contribution in [0.5, 0.6) is 0 Å². The van der Waals surface area contributed by atoms with Crippen LogP contribution >= 0.6 is 11.6 Å². The molecule has 0 fully saturated rings. The maximum Gasteiger partial charge on any atom is 0.125 e. The van der Waals surface area contributed by atoms with Gasteiger partial charge in [0.25, 0.3) is 0 Å². The zero-order valence-corrected chi connectivity index (χ0v) is 7.82. The number of rotatable bonds is 1. The third kappa shape index (κ3) is 2.19. The summed E-state index contributed by atoms with van der Waals surface area (Å²) >= 11 is 5.66. The van der Waals surface area contributed by atoms with E-state index >= 15 is 0 Å². The first-order valence-electron chi connectivity index (χ1n) is 3.65. The van der Waals surface area contributed by atoms with Gasteiger partial charge in [-0.3, -0.25) is 0 Å². The molecule has 3 heteroatoms. The summed E-state index contributed by atoms with van der Waals surface area (Å²) in [4.78, 5) is 0. The van der Waals surface area contributed by atoms with Gasteiger partial charge < -0.3 is 5.73 Å². The predicted octanol–water partition coefficient (Wildman–Crippen LogP) is 2.67. The fraction of sp³-hybridized carbons (Fsp3) is 0.333. The van der Waals surface area contributed by atoms with Gasteiger partial charge in [-0.25, -0.2) is 4.39 Å². The normalized spacial score (nSPS) is 11.8. The lowest BCUT2D eigenvalue weighted by Gasteiger charge is -2.19. The molecule has 1 aromatic rings. The van der Waals surface area contributed by atoms with Crippen LogP contribution < -0.4 is 5.73 Å². The molecule has 12 heavy (non-hydrogen) atoms. The summed E-state index contributed by atoms with van der Waals surface area (Å²) in [6, 6.07) is 4.33. The van der Waals surface area contributed by atoms with E-state index in [0.29, 0.717) is 10.6 Å². The van der Waals surface area contributed by atoms with Gasteiger partial charge in [-0.05, 0) is 37.6 Å². The Labute approximate surface area is 76.3 Å². The van der Waals surface area contributed by atoms with Gasteiger partial charge in [-0.2, -0.15) is 0 Å². The second-order valence-electron chi connectivity index (χ2n) is 3.38. The van der Waals surface area contributed by atoms with E-state index in [1.54, 1.807) is 19.9 Å². The minimum atomic E-state index is -0.550. The van der Waals surface area contributed by atoms with Gasteiger partial charge >= 0.3 is 0 Å². The third-order valence-corrected chi connectivity index (χ3v) is 1.82. The Morgan fingerprint density at radius 3 is 2.33 bits per heavy atom. The second kappa shape index (κ2) is 3.04. The number of hydrogen-bond donors (Lipinski definition) is 1. The zero-order valence-electron chi connectivity index (χ0n) is 7.07. The van der Waals surface area contributed by atoms with Gasteiger partial charge in [0, 0.05) is 10.6 Å². The lowest BCUT2D eigenvalue weighted by atomic mass is 9.96. The summed E-state index contributed by atoms with van der Waals surface area (Å²) < 4.78 is 12.8. The number of hydrogen-bond acceptors (Lipinski definition) is 1. The van der Waals surface area contributed by atoms with Crippen LogP contribution in [-0.2, 0) is 5.54 Å². The lowest BCUT2D eigenvalue weighted by Crippen LogP contribution is -2.28. The van der Waals surface area contributed by atoms with Crippen molar-refractivity contribution in [2.75, 3.05) is 0 Å². The van der Waals surface area contributed by atoms with Crippen LogP contribution in [0.25, 0.3) is 0 Å². The molecule has 0 aliphatic carbocycles. The topological polar surface area (TPSA) is 26.0 Å². The van der Waals surface area contributed by atoms with E-state index in [9.17, 15) is 4.39 Å². The molecule has 0 spiro atoms. The van der Waals surface area contributed by atoms with E-state index in [4.69, 9.17) is 17.3 Å². The molecular weight excluding hydrogens is 177 g/mol. The van der Waals surface area contributed by atoms with E-state index in [-0.39, 0.29) is 5.82 Å². The summed E-state index contributed by atoms with van der Waals surface area (Å²) in [7, 11) is 0. The fourth-order valence-electron chi connectivity index (χ4n) is 0.926. The number of halogens is 2. The van der Waals surface area contributed by atoms with Gasteiger partial charge in [0.2, 0.25) is 0 Å². The quantitative estimate of drug-likeness (QED) is 0.719. The van der Waals surface area contributed by atoms with Crippen LogP contribution in [0.4, 0.5) is 4.39 Å². The Bertz CT molecular complexity index is 271. The van der Waals surface area contributed by atoms with Crippen molar-refractivity contribution in [3.63, 3.8) is 0 Å². The molecular formula is C9H11ClFN. The Balaban J connectivity index is 3.18. The van der Waals surface area contributed by atoms with Crippen molar-refractivity contribution in [1.29, 1.82) is 0 Å². The molecule has 1 aromatic carbocycles. The van der Waals surface area contributed by atoms with Crippen molar-refractivity contribution < 1.29 is 4.39 Å². The van der Waals surface area contributed by atoms with Crippen molar-refractivity contribution in [2.45, 2.75) is 19.4 Å². The average molecular weight is 188 g/mol. The van der Waals surface area contributed by atoms with Crippen molar-refractivity contribution in [3.05, 3.63) is 34.6 Å². The van der Waals surface area contributed by atoms with Crippen LogP contribution in [-0.4, -0.2) is 0 Å². The maximum atomic E-state index is 12.8. The molecule has 2 N–H and O–H groups in total. The standard InChI is InChI=1S/C9H11ClFN/c1-9(2,12)6-3-7(10)5-8(11)4-6/h3-5H,12H2,1-2H3.